The van der Waals surface area contributed by atoms with Gasteiger partial charge in [0.2, 0.25) is 0 Å². The summed E-state index contributed by atoms with van der Waals surface area (Å²) in [5, 5.41) is 6.79. The van der Waals surface area contributed by atoms with Crippen molar-refractivity contribution in [3.05, 3.63) is 28.8 Å². The Hall–Kier alpha value is -1.26. The summed E-state index contributed by atoms with van der Waals surface area (Å²) in [4.78, 5) is 12.0. The molecule has 2 rings (SSSR count). The van der Waals surface area contributed by atoms with E-state index < -0.39 is 0 Å². The summed E-state index contributed by atoms with van der Waals surface area (Å²) >= 11 is 5.79. The zero-order chi connectivity index (χ0) is 12.3. The van der Waals surface area contributed by atoms with E-state index >= 15 is 0 Å². The monoisotopic (exact) mass is 253 g/mol. The van der Waals surface area contributed by atoms with Crippen molar-refractivity contribution < 1.29 is 4.79 Å². The molecule has 1 amide bonds. The average Bonchev–Trinajstić information content (AvgIpc) is 2.30. The van der Waals surface area contributed by atoms with Gasteiger partial charge in [-0.2, -0.15) is 0 Å². The number of hydrogen-bond donors (Lipinski definition) is 3. The normalized spacial score (nSPS) is 16.8. The van der Waals surface area contributed by atoms with E-state index in [9.17, 15) is 4.79 Å². The number of benzene rings is 1. The van der Waals surface area contributed by atoms with Gasteiger partial charge in [-0.05, 0) is 44.1 Å². The number of carbonyl (C=O) groups is 1. The molecule has 0 spiro atoms. The molecular weight excluding hydrogens is 238 g/mol. The third-order valence-electron chi connectivity index (χ3n) is 2.93. The highest BCUT2D eigenvalue weighted by atomic mass is 35.5. The maximum Gasteiger partial charge on any atom is 0.253 e. The van der Waals surface area contributed by atoms with Crippen LogP contribution >= 0.6 is 11.6 Å². The van der Waals surface area contributed by atoms with Gasteiger partial charge in [-0.1, -0.05) is 11.6 Å². The fraction of sp³-hybridized carbons (Fsp3) is 0.417. The number of nitrogen functional groups attached to an aromatic ring is 1. The van der Waals surface area contributed by atoms with Gasteiger partial charge in [0.15, 0.2) is 0 Å². The molecule has 0 atom stereocenters. The van der Waals surface area contributed by atoms with Gasteiger partial charge in [0.1, 0.15) is 0 Å². The molecular formula is C12H16ClN3O. The van der Waals surface area contributed by atoms with Crippen molar-refractivity contribution >= 4 is 23.2 Å². The maximum absolute atomic E-state index is 12.0. The standard InChI is InChI=1S/C12H16ClN3O/c13-8-1-2-10(11(14)7-8)12(17)16-9-3-5-15-6-4-9/h1-2,7,9,15H,3-6,14H2,(H,16,17). The van der Waals surface area contributed by atoms with Gasteiger partial charge in [-0.25, -0.2) is 0 Å². The first-order valence-electron chi connectivity index (χ1n) is 5.73. The highest BCUT2D eigenvalue weighted by molar-refractivity contribution is 6.31. The Morgan fingerprint density at radius 3 is 2.76 bits per heavy atom. The Morgan fingerprint density at radius 1 is 1.41 bits per heavy atom. The molecule has 1 aromatic rings. The van der Waals surface area contributed by atoms with Crippen LogP contribution < -0.4 is 16.4 Å². The van der Waals surface area contributed by atoms with Gasteiger partial charge < -0.3 is 16.4 Å². The molecule has 1 saturated heterocycles. The minimum Gasteiger partial charge on any atom is -0.398 e. The van der Waals surface area contributed by atoms with Gasteiger partial charge in [0.25, 0.3) is 5.91 Å². The van der Waals surface area contributed by atoms with Crippen LogP contribution in [-0.2, 0) is 0 Å². The fourth-order valence-electron chi connectivity index (χ4n) is 1.97. The summed E-state index contributed by atoms with van der Waals surface area (Å²) in [6.07, 6.45) is 1.92. The van der Waals surface area contributed by atoms with Crippen LogP contribution in [0.25, 0.3) is 0 Å². The zero-order valence-corrected chi connectivity index (χ0v) is 10.3. The average molecular weight is 254 g/mol. The first kappa shape index (κ1) is 12.2. The third kappa shape index (κ3) is 3.11. The molecule has 4 nitrogen and oxygen atoms in total. The highest BCUT2D eigenvalue weighted by Crippen LogP contribution is 2.18. The zero-order valence-electron chi connectivity index (χ0n) is 9.50. The maximum atomic E-state index is 12.0. The van der Waals surface area contributed by atoms with Crippen molar-refractivity contribution in [2.24, 2.45) is 0 Å². The lowest BCUT2D eigenvalue weighted by atomic mass is 10.1. The van der Waals surface area contributed by atoms with E-state index in [-0.39, 0.29) is 11.9 Å². The van der Waals surface area contributed by atoms with Crippen LogP contribution in [0, 0.1) is 0 Å². The molecule has 17 heavy (non-hydrogen) atoms. The lowest BCUT2D eigenvalue weighted by Gasteiger charge is -2.23. The third-order valence-corrected chi connectivity index (χ3v) is 3.17. The smallest absolute Gasteiger partial charge is 0.253 e. The summed E-state index contributed by atoms with van der Waals surface area (Å²) in [5.74, 6) is -0.119. The predicted molar refractivity (Wildman–Crippen MR) is 69.2 cm³/mol. The Kier molecular flexibility index (Phi) is 3.86. The quantitative estimate of drug-likeness (QED) is 0.698. The summed E-state index contributed by atoms with van der Waals surface area (Å²) in [7, 11) is 0. The van der Waals surface area contributed by atoms with Gasteiger partial charge in [-0.15, -0.1) is 0 Å². The Balaban J connectivity index is 2.03. The number of amides is 1. The first-order chi connectivity index (χ1) is 8.16. The Bertz CT molecular complexity index is 416. The molecule has 0 unspecified atom stereocenters. The highest BCUT2D eigenvalue weighted by Gasteiger charge is 2.17. The predicted octanol–water partition coefficient (Wildman–Crippen LogP) is 1.40. The molecule has 0 aromatic heterocycles. The summed E-state index contributed by atoms with van der Waals surface area (Å²) < 4.78 is 0. The number of nitrogens with one attached hydrogen (secondary N) is 2. The van der Waals surface area contributed by atoms with Crippen LogP contribution in [-0.4, -0.2) is 25.0 Å². The van der Waals surface area contributed by atoms with Crippen LogP contribution in [0.5, 0.6) is 0 Å². The molecule has 5 heteroatoms. The number of nitrogens with two attached hydrogens (primary N) is 1. The van der Waals surface area contributed by atoms with Crippen molar-refractivity contribution in [3.63, 3.8) is 0 Å². The fourth-order valence-corrected chi connectivity index (χ4v) is 2.15. The molecule has 1 heterocycles. The van der Waals surface area contributed by atoms with Crippen LogP contribution in [0.3, 0.4) is 0 Å². The molecule has 1 fully saturated rings. The molecule has 1 aromatic carbocycles. The summed E-state index contributed by atoms with van der Waals surface area (Å²) in [6.45, 7) is 1.89. The number of carbonyl (C=O) groups excluding carboxylic acids is 1. The molecule has 0 bridgehead atoms. The topological polar surface area (TPSA) is 67.2 Å². The SMILES string of the molecule is Nc1cc(Cl)ccc1C(=O)NC1CCNCC1. The Morgan fingerprint density at radius 2 is 2.12 bits per heavy atom. The number of piperidine rings is 1. The largest absolute Gasteiger partial charge is 0.398 e. The van der Waals surface area contributed by atoms with Crippen molar-refractivity contribution in [2.45, 2.75) is 18.9 Å². The van der Waals surface area contributed by atoms with E-state index in [1.165, 1.54) is 0 Å². The molecule has 4 N–H and O–H groups in total. The minimum atomic E-state index is -0.119. The van der Waals surface area contributed by atoms with Gasteiger partial charge in [-0.3, -0.25) is 4.79 Å². The van der Waals surface area contributed by atoms with Gasteiger partial charge in [0.05, 0.1) is 5.56 Å². The Labute approximate surface area is 106 Å². The van der Waals surface area contributed by atoms with Crippen molar-refractivity contribution in [1.29, 1.82) is 0 Å². The number of hydrogen-bond acceptors (Lipinski definition) is 3. The minimum absolute atomic E-state index is 0.119. The number of anilines is 1. The molecule has 92 valence electrons. The van der Waals surface area contributed by atoms with Gasteiger partial charge >= 0.3 is 0 Å². The second-order valence-corrected chi connectivity index (χ2v) is 4.67. The van der Waals surface area contributed by atoms with E-state index in [1.54, 1.807) is 18.2 Å². The second kappa shape index (κ2) is 5.38. The molecule has 0 radical (unpaired) electrons. The number of rotatable bonds is 2. The lowest BCUT2D eigenvalue weighted by molar-refractivity contribution is 0.0930. The van der Waals surface area contributed by atoms with Gasteiger partial charge in [0, 0.05) is 16.8 Å². The summed E-state index contributed by atoms with van der Waals surface area (Å²) in [6, 6.07) is 5.17. The van der Waals surface area contributed by atoms with E-state index in [0.717, 1.165) is 25.9 Å². The van der Waals surface area contributed by atoms with E-state index in [2.05, 4.69) is 10.6 Å². The molecule has 0 aliphatic carbocycles. The van der Waals surface area contributed by atoms with Crippen LogP contribution in [0.15, 0.2) is 18.2 Å². The molecule has 0 saturated carbocycles. The van der Waals surface area contributed by atoms with Crippen molar-refractivity contribution in [3.8, 4) is 0 Å². The van der Waals surface area contributed by atoms with Crippen molar-refractivity contribution in [2.75, 3.05) is 18.8 Å². The number of halogens is 1. The molecule has 1 aliphatic rings. The molecule has 1 aliphatic heterocycles. The van der Waals surface area contributed by atoms with Crippen molar-refractivity contribution in [1.82, 2.24) is 10.6 Å². The van der Waals surface area contributed by atoms with E-state index in [1.807, 2.05) is 0 Å². The van der Waals surface area contributed by atoms with E-state index in [4.69, 9.17) is 17.3 Å². The van der Waals surface area contributed by atoms with E-state index in [0.29, 0.717) is 16.3 Å². The van der Waals surface area contributed by atoms with Crippen LogP contribution in [0.1, 0.15) is 23.2 Å². The summed E-state index contributed by atoms with van der Waals surface area (Å²) in [5.41, 5.74) is 6.68. The lowest BCUT2D eigenvalue weighted by Crippen LogP contribution is -2.42. The van der Waals surface area contributed by atoms with Crippen LogP contribution in [0.4, 0.5) is 5.69 Å². The first-order valence-corrected chi connectivity index (χ1v) is 6.11. The second-order valence-electron chi connectivity index (χ2n) is 4.23. The van der Waals surface area contributed by atoms with Crippen LogP contribution in [0.2, 0.25) is 5.02 Å².